The van der Waals surface area contributed by atoms with Gasteiger partial charge in [0.1, 0.15) is 18.2 Å². The summed E-state index contributed by atoms with van der Waals surface area (Å²) in [6.45, 7) is 2.71. The lowest BCUT2D eigenvalue weighted by Gasteiger charge is -2.36. The maximum Gasteiger partial charge on any atom is 0.245 e. The smallest absolute Gasteiger partial charge is 0.245 e. The van der Waals surface area contributed by atoms with Gasteiger partial charge in [0, 0.05) is 44.2 Å². The van der Waals surface area contributed by atoms with E-state index in [-0.39, 0.29) is 17.9 Å². The summed E-state index contributed by atoms with van der Waals surface area (Å²) in [7, 11) is 0. The van der Waals surface area contributed by atoms with Crippen molar-refractivity contribution >= 4 is 17.6 Å². The molecule has 2 amide bonds. The van der Waals surface area contributed by atoms with E-state index >= 15 is 0 Å². The van der Waals surface area contributed by atoms with Crippen LogP contribution < -0.4 is 10.2 Å². The molecule has 7 nitrogen and oxygen atoms in total. The Labute approximate surface area is 152 Å². The van der Waals surface area contributed by atoms with E-state index in [9.17, 15) is 9.59 Å². The van der Waals surface area contributed by atoms with Crippen molar-refractivity contribution in [3.8, 4) is 11.3 Å². The van der Waals surface area contributed by atoms with Gasteiger partial charge < -0.3 is 15.1 Å². The van der Waals surface area contributed by atoms with Crippen LogP contribution in [0.1, 0.15) is 12.8 Å². The summed E-state index contributed by atoms with van der Waals surface area (Å²) in [6.07, 6.45) is 2.63. The number of carbonyl (C=O) groups is 2. The summed E-state index contributed by atoms with van der Waals surface area (Å²) >= 11 is 0. The Morgan fingerprint density at radius 2 is 1.85 bits per heavy atom. The van der Waals surface area contributed by atoms with Crippen molar-refractivity contribution < 1.29 is 9.59 Å². The van der Waals surface area contributed by atoms with Gasteiger partial charge >= 0.3 is 0 Å². The number of hydrogen-bond acceptors (Lipinski definition) is 5. The third kappa shape index (κ3) is 3.37. The fraction of sp³-hybridized carbons (Fsp3) is 0.368. The lowest BCUT2D eigenvalue weighted by atomic mass is 10.1. The van der Waals surface area contributed by atoms with Crippen molar-refractivity contribution in [2.75, 3.05) is 31.1 Å². The molecule has 2 saturated heterocycles. The zero-order chi connectivity index (χ0) is 17.9. The molecule has 0 bridgehead atoms. The monoisotopic (exact) mass is 351 g/mol. The molecule has 1 aromatic carbocycles. The van der Waals surface area contributed by atoms with Crippen LogP contribution in [-0.4, -0.2) is 58.9 Å². The third-order valence-corrected chi connectivity index (χ3v) is 4.93. The van der Waals surface area contributed by atoms with Crippen molar-refractivity contribution in [3.63, 3.8) is 0 Å². The van der Waals surface area contributed by atoms with Crippen LogP contribution in [0.5, 0.6) is 0 Å². The van der Waals surface area contributed by atoms with Crippen molar-refractivity contribution in [1.82, 2.24) is 20.2 Å². The Morgan fingerprint density at radius 1 is 1.08 bits per heavy atom. The van der Waals surface area contributed by atoms with Gasteiger partial charge in [-0.3, -0.25) is 9.59 Å². The average Bonchev–Trinajstić information content (AvgIpc) is 3.15. The van der Waals surface area contributed by atoms with Crippen LogP contribution in [0.3, 0.4) is 0 Å². The number of carbonyl (C=O) groups excluding carboxylic acids is 2. The van der Waals surface area contributed by atoms with Gasteiger partial charge in [0.05, 0.1) is 5.69 Å². The van der Waals surface area contributed by atoms with Crippen LogP contribution in [0.2, 0.25) is 0 Å². The quantitative estimate of drug-likeness (QED) is 0.895. The summed E-state index contributed by atoms with van der Waals surface area (Å²) < 4.78 is 0. The molecule has 1 atom stereocenters. The Balaban J connectivity index is 1.40. The van der Waals surface area contributed by atoms with Crippen LogP contribution in [0, 0.1) is 0 Å². The highest BCUT2D eigenvalue weighted by molar-refractivity contribution is 5.90. The van der Waals surface area contributed by atoms with Gasteiger partial charge in [-0.15, -0.1) is 0 Å². The molecular weight excluding hydrogens is 330 g/mol. The van der Waals surface area contributed by atoms with Gasteiger partial charge in [-0.25, -0.2) is 9.97 Å². The van der Waals surface area contributed by atoms with Crippen LogP contribution in [0.4, 0.5) is 5.82 Å². The van der Waals surface area contributed by atoms with Gasteiger partial charge in [-0.2, -0.15) is 0 Å². The fourth-order valence-electron chi connectivity index (χ4n) is 3.46. The number of benzene rings is 1. The van der Waals surface area contributed by atoms with Crippen LogP contribution in [0.25, 0.3) is 11.3 Å². The number of nitrogens with one attached hydrogen (secondary N) is 1. The maximum atomic E-state index is 12.5. The lowest BCUT2D eigenvalue weighted by Crippen LogP contribution is -2.53. The molecule has 0 aliphatic carbocycles. The fourth-order valence-corrected chi connectivity index (χ4v) is 3.46. The molecule has 2 fully saturated rings. The van der Waals surface area contributed by atoms with Crippen molar-refractivity contribution in [2.45, 2.75) is 18.9 Å². The van der Waals surface area contributed by atoms with Crippen LogP contribution in [0.15, 0.2) is 42.7 Å². The predicted octanol–water partition coefficient (Wildman–Crippen LogP) is 1.07. The summed E-state index contributed by atoms with van der Waals surface area (Å²) in [5.41, 5.74) is 1.95. The molecule has 0 spiro atoms. The van der Waals surface area contributed by atoms with E-state index in [4.69, 9.17) is 0 Å². The van der Waals surface area contributed by atoms with E-state index in [2.05, 4.69) is 20.2 Å². The molecule has 1 unspecified atom stereocenters. The number of aromatic nitrogens is 2. The zero-order valence-corrected chi connectivity index (χ0v) is 14.5. The number of amides is 2. The van der Waals surface area contributed by atoms with Crippen molar-refractivity contribution in [2.24, 2.45) is 0 Å². The molecule has 3 heterocycles. The standard InChI is InChI=1S/C19H21N5O2/c25-18-7-6-15(22-18)19(26)24-10-8-23(9-11-24)17-12-16(20-13-21-17)14-4-2-1-3-5-14/h1-5,12-13,15H,6-11H2,(H,22,25). The molecule has 0 saturated carbocycles. The highest BCUT2D eigenvalue weighted by Gasteiger charge is 2.32. The average molecular weight is 351 g/mol. The summed E-state index contributed by atoms with van der Waals surface area (Å²) in [5.74, 6) is 0.875. The molecule has 26 heavy (non-hydrogen) atoms. The second-order valence-electron chi connectivity index (χ2n) is 6.60. The van der Waals surface area contributed by atoms with Crippen molar-refractivity contribution in [3.05, 3.63) is 42.7 Å². The number of nitrogens with zero attached hydrogens (tertiary/aromatic N) is 4. The molecule has 1 aromatic heterocycles. The van der Waals surface area contributed by atoms with E-state index in [0.29, 0.717) is 25.9 Å². The minimum atomic E-state index is -0.349. The molecule has 4 rings (SSSR count). The van der Waals surface area contributed by atoms with Gasteiger partial charge in [-0.05, 0) is 6.42 Å². The highest BCUT2D eigenvalue weighted by atomic mass is 16.2. The van der Waals surface area contributed by atoms with Crippen LogP contribution >= 0.6 is 0 Å². The first-order valence-electron chi connectivity index (χ1n) is 8.91. The molecule has 2 aliphatic heterocycles. The first-order chi connectivity index (χ1) is 12.7. The SMILES string of the molecule is O=C1CCC(C(=O)N2CCN(c3cc(-c4ccccc4)ncn3)CC2)N1. The molecule has 134 valence electrons. The van der Waals surface area contributed by atoms with Crippen LogP contribution in [-0.2, 0) is 9.59 Å². The Kier molecular flexibility index (Phi) is 4.51. The summed E-state index contributed by atoms with van der Waals surface area (Å²) in [4.78, 5) is 36.6. The van der Waals surface area contributed by atoms with E-state index in [1.165, 1.54) is 0 Å². The molecule has 2 aromatic rings. The van der Waals surface area contributed by atoms with E-state index < -0.39 is 0 Å². The molecule has 2 aliphatic rings. The Morgan fingerprint density at radius 3 is 2.54 bits per heavy atom. The molecule has 0 radical (unpaired) electrons. The van der Waals surface area contributed by atoms with E-state index in [1.807, 2.05) is 41.3 Å². The van der Waals surface area contributed by atoms with E-state index in [0.717, 1.165) is 30.2 Å². The number of hydrogen-bond donors (Lipinski definition) is 1. The second kappa shape index (κ2) is 7.11. The zero-order valence-electron chi connectivity index (χ0n) is 14.5. The minimum absolute atomic E-state index is 0.0307. The van der Waals surface area contributed by atoms with E-state index in [1.54, 1.807) is 6.33 Å². The second-order valence-corrected chi connectivity index (χ2v) is 6.60. The third-order valence-electron chi connectivity index (χ3n) is 4.93. The highest BCUT2D eigenvalue weighted by Crippen LogP contribution is 2.21. The summed E-state index contributed by atoms with van der Waals surface area (Å²) in [5, 5.41) is 2.76. The molecule has 7 heteroatoms. The minimum Gasteiger partial charge on any atom is -0.353 e. The Bertz CT molecular complexity index is 803. The molecular formula is C19H21N5O2. The number of anilines is 1. The topological polar surface area (TPSA) is 78.4 Å². The predicted molar refractivity (Wildman–Crippen MR) is 97.4 cm³/mol. The maximum absolute atomic E-state index is 12.5. The van der Waals surface area contributed by atoms with Gasteiger partial charge in [-0.1, -0.05) is 30.3 Å². The number of piperazine rings is 1. The summed E-state index contributed by atoms with van der Waals surface area (Å²) in [6, 6.07) is 11.7. The van der Waals surface area contributed by atoms with Gasteiger partial charge in [0.25, 0.3) is 0 Å². The normalized spacial score (nSPS) is 20.2. The first kappa shape index (κ1) is 16.5. The van der Waals surface area contributed by atoms with Gasteiger partial charge in [0.2, 0.25) is 11.8 Å². The first-order valence-corrected chi connectivity index (χ1v) is 8.91. The lowest BCUT2D eigenvalue weighted by molar-refractivity contribution is -0.134. The molecule has 1 N–H and O–H groups in total. The largest absolute Gasteiger partial charge is 0.353 e. The van der Waals surface area contributed by atoms with Crippen molar-refractivity contribution in [1.29, 1.82) is 0 Å². The Hall–Kier alpha value is -2.96. The number of rotatable bonds is 3. The van der Waals surface area contributed by atoms with Gasteiger partial charge in [0.15, 0.2) is 0 Å².